The number of nitrogens with one attached hydrogen (secondary N) is 1. The highest BCUT2D eigenvalue weighted by molar-refractivity contribution is 6.22. The maximum Gasteiger partial charge on any atom is 0.337 e. The standard InChI is InChI=1S/C21H20N2O5/c1-13(23-19(25)16-5-3-4-6-17(16)20(23)26)18(24)22-12-11-14-7-9-15(10-8-14)21(27)28-2/h3-10,13H,11-12H2,1-2H3,(H,22,24). The Morgan fingerprint density at radius 2 is 1.57 bits per heavy atom. The summed E-state index contributed by atoms with van der Waals surface area (Å²) >= 11 is 0. The highest BCUT2D eigenvalue weighted by atomic mass is 16.5. The minimum absolute atomic E-state index is 0.317. The van der Waals surface area contributed by atoms with Crippen LogP contribution in [0.4, 0.5) is 0 Å². The van der Waals surface area contributed by atoms with E-state index < -0.39 is 29.7 Å². The van der Waals surface area contributed by atoms with Gasteiger partial charge < -0.3 is 10.1 Å². The van der Waals surface area contributed by atoms with Crippen molar-refractivity contribution in [3.63, 3.8) is 0 Å². The number of ether oxygens (including phenoxy) is 1. The van der Waals surface area contributed by atoms with E-state index in [9.17, 15) is 19.2 Å². The van der Waals surface area contributed by atoms with Crippen LogP contribution in [0.5, 0.6) is 0 Å². The molecule has 2 aromatic rings. The van der Waals surface area contributed by atoms with Gasteiger partial charge >= 0.3 is 5.97 Å². The van der Waals surface area contributed by atoms with Crippen LogP contribution in [0.1, 0.15) is 43.6 Å². The van der Waals surface area contributed by atoms with Crippen LogP contribution < -0.4 is 5.32 Å². The van der Waals surface area contributed by atoms with Crippen LogP contribution in [0, 0.1) is 0 Å². The Labute approximate surface area is 162 Å². The number of rotatable bonds is 6. The summed E-state index contributed by atoms with van der Waals surface area (Å²) in [5.41, 5.74) is 2.02. The van der Waals surface area contributed by atoms with Crippen LogP contribution in [0.15, 0.2) is 48.5 Å². The van der Waals surface area contributed by atoms with Gasteiger partial charge in [0.1, 0.15) is 6.04 Å². The van der Waals surface area contributed by atoms with Crippen molar-refractivity contribution >= 4 is 23.7 Å². The number of hydrogen-bond acceptors (Lipinski definition) is 5. The molecule has 28 heavy (non-hydrogen) atoms. The number of esters is 1. The number of carbonyl (C=O) groups is 4. The Balaban J connectivity index is 1.56. The lowest BCUT2D eigenvalue weighted by Gasteiger charge is -2.21. The molecule has 1 heterocycles. The van der Waals surface area contributed by atoms with Gasteiger partial charge in [0.2, 0.25) is 5.91 Å². The van der Waals surface area contributed by atoms with Gasteiger partial charge in [-0.15, -0.1) is 0 Å². The highest BCUT2D eigenvalue weighted by Crippen LogP contribution is 2.24. The molecule has 7 nitrogen and oxygen atoms in total. The van der Waals surface area contributed by atoms with Crippen molar-refractivity contribution in [3.05, 3.63) is 70.8 Å². The van der Waals surface area contributed by atoms with Crippen LogP contribution >= 0.6 is 0 Å². The third-order valence-corrected chi connectivity index (χ3v) is 4.68. The second kappa shape index (κ2) is 8.04. The van der Waals surface area contributed by atoms with Crippen molar-refractivity contribution < 1.29 is 23.9 Å². The first-order valence-corrected chi connectivity index (χ1v) is 8.86. The number of benzene rings is 2. The highest BCUT2D eigenvalue weighted by Gasteiger charge is 2.40. The van der Waals surface area contributed by atoms with Crippen molar-refractivity contribution in [1.82, 2.24) is 10.2 Å². The molecule has 0 fully saturated rings. The van der Waals surface area contributed by atoms with E-state index in [0.717, 1.165) is 10.5 Å². The molecular formula is C21H20N2O5. The summed E-state index contributed by atoms with van der Waals surface area (Å²) in [6.07, 6.45) is 0.544. The van der Waals surface area contributed by atoms with Crippen molar-refractivity contribution in [3.8, 4) is 0 Å². The van der Waals surface area contributed by atoms with Crippen LogP contribution in [0.25, 0.3) is 0 Å². The van der Waals surface area contributed by atoms with E-state index in [1.807, 2.05) is 0 Å². The number of methoxy groups -OCH3 is 1. The van der Waals surface area contributed by atoms with E-state index >= 15 is 0 Å². The van der Waals surface area contributed by atoms with Gasteiger partial charge in [-0.3, -0.25) is 19.3 Å². The van der Waals surface area contributed by atoms with Gasteiger partial charge in [0.25, 0.3) is 11.8 Å². The van der Waals surface area contributed by atoms with Gasteiger partial charge in [0.05, 0.1) is 23.8 Å². The third-order valence-electron chi connectivity index (χ3n) is 4.68. The van der Waals surface area contributed by atoms with Gasteiger partial charge in [-0.1, -0.05) is 24.3 Å². The molecule has 0 radical (unpaired) electrons. The zero-order valence-electron chi connectivity index (χ0n) is 15.6. The number of carbonyl (C=O) groups excluding carboxylic acids is 4. The van der Waals surface area contributed by atoms with Crippen molar-refractivity contribution in [2.75, 3.05) is 13.7 Å². The van der Waals surface area contributed by atoms with Crippen LogP contribution in [0.3, 0.4) is 0 Å². The van der Waals surface area contributed by atoms with Crippen LogP contribution in [-0.4, -0.2) is 48.3 Å². The average Bonchev–Trinajstić information content (AvgIpc) is 2.98. The van der Waals surface area contributed by atoms with Crippen LogP contribution in [0.2, 0.25) is 0 Å². The summed E-state index contributed by atoms with van der Waals surface area (Å²) in [6, 6.07) is 12.5. The molecule has 1 unspecified atom stereocenters. The van der Waals surface area contributed by atoms with Gasteiger partial charge in [-0.25, -0.2) is 4.79 Å². The van der Waals surface area contributed by atoms with E-state index in [4.69, 9.17) is 0 Å². The molecule has 2 aromatic carbocycles. The molecule has 1 aliphatic heterocycles. The quantitative estimate of drug-likeness (QED) is 0.610. The zero-order valence-corrected chi connectivity index (χ0v) is 15.6. The molecular weight excluding hydrogens is 360 g/mol. The molecule has 0 aromatic heterocycles. The molecule has 0 saturated heterocycles. The second-order valence-corrected chi connectivity index (χ2v) is 6.43. The Kier molecular flexibility index (Phi) is 5.54. The van der Waals surface area contributed by atoms with Gasteiger partial charge in [-0.2, -0.15) is 0 Å². The topological polar surface area (TPSA) is 92.8 Å². The molecule has 0 aliphatic carbocycles. The van der Waals surface area contributed by atoms with Gasteiger partial charge in [-0.05, 0) is 43.2 Å². The predicted octanol–water partition coefficient (Wildman–Crippen LogP) is 1.82. The molecule has 1 atom stereocenters. The average molecular weight is 380 g/mol. The van der Waals surface area contributed by atoms with Gasteiger partial charge in [0.15, 0.2) is 0 Å². The first-order valence-electron chi connectivity index (χ1n) is 8.86. The van der Waals surface area contributed by atoms with E-state index in [2.05, 4.69) is 10.1 Å². The number of nitrogens with zero attached hydrogens (tertiary/aromatic N) is 1. The summed E-state index contributed by atoms with van der Waals surface area (Å²) in [4.78, 5) is 49.7. The summed E-state index contributed by atoms with van der Waals surface area (Å²) in [7, 11) is 1.32. The second-order valence-electron chi connectivity index (χ2n) is 6.43. The maximum atomic E-state index is 12.4. The van der Waals surface area contributed by atoms with Crippen molar-refractivity contribution in [2.24, 2.45) is 0 Å². The molecule has 0 saturated carbocycles. The summed E-state index contributed by atoms with van der Waals surface area (Å²) in [5, 5.41) is 2.75. The monoisotopic (exact) mass is 380 g/mol. The summed E-state index contributed by atoms with van der Waals surface area (Å²) in [5.74, 6) is -1.72. The lowest BCUT2D eigenvalue weighted by Crippen LogP contribution is -2.48. The van der Waals surface area contributed by atoms with Gasteiger partial charge in [0, 0.05) is 6.54 Å². The first kappa shape index (κ1) is 19.3. The molecule has 1 aliphatic rings. The normalized spacial score (nSPS) is 13.9. The fraction of sp³-hybridized carbons (Fsp3) is 0.238. The molecule has 3 rings (SSSR count). The minimum Gasteiger partial charge on any atom is -0.465 e. The summed E-state index contributed by atoms with van der Waals surface area (Å²) in [6.45, 7) is 1.87. The Bertz CT molecular complexity index is 901. The minimum atomic E-state index is -0.908. The zero-order chi connectivity index (χ0) is 20.3. The molecule has 0 bridgehead atoms. The predicted molar refractivity (Wildman–Crippen MR) is 101 cm³/mol. The van der Waals surface area contributed by atoms with E-state index in [-0.39, 0.29) is 0 Å². The lowest BCUT2D eigenvalue weighted by molar-refractivity contribution is -0.124. The number of hydrogen-bond donors (Lipinski definition) is 1. The van der Waals surface area contributed by atoms with E-state index in [0.29, 0.717) is 29.7 Å². The Morgan fingerprint density at radius 1 is 1.00 bits per heavy atom. The Hall–Kier alpha value is -3.48. The molecule has 3 amide bonds. The number of fused-ring (bicyclic) bond motifs is 1. The summed E-state index contributed by atoms with van der Waals surface area (Å²) < 4.78 is 4.65. The SMILES string of the molecule is COC(=O)c1ccc(CCNC(=O)C(C)N2C(=O)c3ccccc3C2=O)cc1. The maximum absolute atomic E-state index is 12.4. The fourth-order valence-corrected chi connectivity index (χ4v) is 3.08. The molecule has 0 spiro atoms. The van der Waals surface area contributed by atoms with E-state index in [1.165, 1.54) is 14.0 Å². The third kappa shape index (κ3) is 3.64. The number of imide groups is 1. The molecule has 144 valence electrons. The molecule has 1 N–H and O–H groups in total. The fourth-order valence-electron chi connectivity index (χ4n) is 3.08. The van der Waals surface area contributed by atoms with Crippen molar-refractivity contribution in [1.29, 1.82) is 0 Å². The lowest BCUT2D eigenvalue weighted by atomic mass is 10.1. The van der Waals surface area contributed by atoms with Crippen LogP contribution in [-0.2, 0) is 16.0 Å². The smallest absolute Gasteiger partial charge is 0.337 e. The largest absolute Gasteiger partial charge is 0.465 e. The Morgan fingerprint density at radius 3 is 2.11 bits per heavy atom. The van der Waals surface area contributed by atoms with Crippen molar-refractivity contribution in [2.45, 2.75) is 19.4 Å². The molecule has 7 heteroatoms. The first-order chi connectivity index (χ1) is 13.4. The number of amides is 3. The van der Waals surface area contributed by atoms with E-state index in [1.54, 1.807) is 48.5 Å².